The molecule has 0 fully saturated rings. The van der Waals surface area contributed by atoms with E-state index in [9.17, 15) is 4.79 Å². The molecule has 0 saturated carbocycles. The van der Waals surface area contributed by atoms with E-state index >= 15 is 0 Å². The van der Waals surface area contributed by atoms with E-state index in [1.54, 1.807) is 12.4 Å². The van der Waals surface area contributed by atoms with Crippen molar-refractivity contribution >= 4 is 38.8 Å². The van der Waals surface area contributed by atoms with E-state index in [0.717, 1.165) is 11.3 Å². The number of carbonyl (C=O) groups excluding carboxylic acids is 1. The number of thiophene rings is 1. The molecule has 3 aromatic rings. The first-order chi connectivity index (χ1) is 9.58. The van der Waals surface area contributed by atoms with Crippen LogP contribution in [0.1, 0.15) is 20.9 Å². The van der Waals surface area contributed by atoms with Gasteiger partial charge in [0.2, 0.25) is 0 Å². The molecule has 20 heavy (non-hydrogen) atoms. The zero-order valence-electron chi connectivity index (χ0n) is 10.2. The number of fused-ring (bicyclic) bond motifs is 3. The zero-order chi connectivity index (χ0) is 14.4. The maximum atomic E-state index is 11.5. The Morgan fingerprint density at radius 3 is 3.05 bits per heavy atom. The normalized spacial score (nSPS) is 10.8. The highest BCUT2D eigenvalue weighted by molar-refractivity contribution is 7.20. The Labute approximate surface area is 116 Å². The van der Waals surface area contributed by atoms with E-state index in [-0.39, 0.29) is 11.4 Å². The summed E-state index contributed by atoms with van der Waals surface area (Å²) in [6, 6.07) is 1.98. The van der Waals surface area contributed by atoms with Crippen LogP contribution in [0.15, 0.2) is 6.20 Å². The minimum Gasteiger partial charge on any atom is -0.395 e. The minimum atomic E-state index is -0.598. The van der Waals surface area contributed by atoms with Crippen molar-refractivity contribution < 1.29 is 10.0 Å². The van der Waals surface area contributed by atoms with Gasteiger partial charge in [-0.05, 0) is 12.5 Å². The van der Waals surface area contributed by atoms with Crippen molar-refractivity contribution in [2.24, 2.45) is 0 Å². The maximum Gasteiger partial charge on any atom is 0.285 e. The van der Waals surface area contributed by atoms with Gasteiger partial charge in [0.15, 0.2) is 11.3 Å². The number of hydrogen-bond donors (Lipinski definition) is 3. The van der Waals surface area contributed by atoms with Gasteiger partial charge in [-0.2, -0.15) is 10.4 Å². The van der Waals surface area contributed by atoms with Gasteiger partial charge in [-0.3, -0.25) is 10.0 Å². The standard InChI is InChI=1S/C11H8N6O2S/c1-4-7-9-14-3-5(13)6(2-12)17(9)15-11(7)20-8(4)10(18)16-19/h3,19H,13H2,1H3,(H,16,18). The summed E-state index contributed by atoms with van der Waals surface area (Å²) in [5, 5.41) is 22.8. The smallest absolute Gasteiger partial charge is 0.285 e. The lowest BCUT2D eigenvalue weighted by atomic mass is 10.2. The number of nitrogen functional groups attached to an aromatic ring is 1. The molecule has 0 atom stereocenters. The minimum absolute atomic E-state index is 0.200. The van der Waals surface area contributed by atoms with Crippen molar-refractivity contribution in [1.29, 1.82) is 5.26 Å². The molecular formula is C11H8N6O2S. The number of nitrogens with two attached hydrogens (primary N) is 1. The summed E-state index contributed by atoms with van der Waals surface area (Å²) in [7, 11) is 0. The van der Waals surface area contributed by atoms with Gasteiger partial charge in [0.1, 0.15) is 10.9 Å². The van der Waals surface area contributed by atoms with Crippen molar-refractivity contribution in [3.05, 3.63) is 22.3 Å². The number of nitrogens with zero attached hydrogens (tertiary/aromatic N) is 4. The number of aryl methyl sites for hydroxylation is 1. The van der Waals surface area contributed by atoms with E-state index < -0.39 is 5.91 Å². The summed E-state index contributed by atoms with van der Waals surface area (Å²) in [6.07, 6.45) is 1.39. The molecule has 4 N–H and O–H groups in total. The van der Waals surface area contributed by atoms with Crippen LogP contribution in [0.2, 0.25) is 0 Å². The Kier molecular flexibility index (Phi) is 2.56. The van der Waals surface area contributed by atoms with Crippen molar-refractivity contribution in [3.63, 3.8) is 0 Å². The number of nitriles is 1. The van der Waals surface area contributed by atoms with E-state index in [1.807, 2.05) is 6.07 Å². The lowest BCUT2D eigenvalue weighted by molar-refractivity contribution is 0.0710. The highest BCUT2D eigenvalue weighted by atomic mass is 32.1. The van der Waals surface area contributed by atoms with Gasteiger partial charge in [0, 0.05) is 0 Å². The molecule has 100 valence electrons. The van der Waals surface area contributed by atoms with Crippen LogP contribution in [0.5, 0.6) is 0 Å². The second kappa shape index (κ2) is 4.16. The van der Waals surface area contributed by atoms with Crippen LogP contribution in [0.25, 0.3) is 15.9 Å². The Bertz CT molecular complexity index is 903. The molecule has 0 unspecified atom stereocenters. The Hall–Kier alpha value is -2.70. The molecular weight excluding hydrogens is 280 g/mol. The number of amides is 1. The Balaban J connectivity index is 2.42. The topological polar surface area (TPSA) is 129 Å². The van der Waals surface area contributed by atoms with E-state index in [1.165, 1.54) is 10.7 Å². The average molecular weight is 288 g/mol. The third-order valence-corrected chi connectivity index (χ3v) is 4.14. The lowest BCUT2D eigenvalue weighted by Gasteiger charge is -2.00. The molecule has 0 saturated heterocycles. The summed E-state index contributed by atoms with van der Waals surface area (Å²) in [5.74, 6) is -0.598. The monoisotopic (exact) mass is 288 g/mol. The molecule has 0 aromatic carbocycles. The highest BCUT2D eigenvalue weighted by Gasteiger charge is 2.21. The highest BCUT2D eigenvalue weighted by Crippen LogP contribution is 2.33. The number of rotatable bonds is 1. The maximum absolute atomic E-state index is 11.5. The number of hydroxylamine groups is 1. The summed E-state index contributed by atoms with van der Waals surface area (Å²) < 4.78 is 1.37. The van der Waals surface area contributed by atoms with Gasteiger partial charge in [-0.25, -0.2) is 15.0 Å². The van der Waals surface area contributed by atoms with Crippen LogP contribution < -0.4 is 11.2 Å². The largest absolute Gasteiger partial charge is 0.395 e. The van der Waals surface area contributed by atoms with Gasteiger partial charge in [-0.1, -0.05) is 0 Å². The molecule has 0 aliphatic heterocycles. The summed E-state index contributed by atoms with van der Waals surface area (Å²) in [4.78, 5) is 16.6. The van der Waals surface area contributed by atoms with Crippen molar-refractivity contribution in [1.82, 2.24) is 20.1 Å². The molecule has 1 amide bonds. The molecule has 3 heterocycles. The van der Waals surface area contributed by atoms with Crippen molar-refractivity contribution in [3.8, 4) is 6.07 Å². The number of aromatic nitrogens is 3. The van der Waals surface area contributed by atoms with Crippen LogP contribution in [0.3, 0.4) is 0 Å². The summed E-state index contributed by atoms with van der Waals surface area (Å²) >= 11 is 1.11. The molecule has 3 aromatic heterocycles. The average Bonchev–Trinajstić information content (AvgIpc) is 2.95. The molecule has 0 spiro atoms. The second-order valence-corrected chi connectivity index (χ2v) is 5.09. The first-order valence-electron chi connectivity index (χ1n) is 5.49. The lowest BCUT2D eigenvalue weighted by Crippen LogP contribution is -2.18. The van der Waals surface area contributed by atoms with E-state index in [4.69, 9.17) is 16.2 Å². The molecule has 0 aliphatic carbocycles. The summed E-state index contributed by atoms with van der Waals surface area (Å²) in [6.45, 7) is 1.73. The number of anilines is 1. The van der Waals surface area contributed by atoms with Gasteiger partial charge in [0.05, 0.1) is 22.1 Å². The molecule has 0 bridgehead atoms. The fraction of sp³-hybridized carbons (Fsp3) is 0.0909. The van der Waals surface area contributed by atoms with Crippen LogP contribution in [0.4, 0.5) is 5.69 Å². The predicted octanol–water partition coefficient (Wildman–Crippen LogP) is 0.825. The molecule has 9 heteroatoms. The third kappa shape index (κ3) is 1.46. The van der Waals surface area contributed by atoms with Crippen LogP contribution >= 0.6 is 11.3 Å². The second-order valence-electron chi connectivity index (χ2n) is 4.09. The van der Waals surface area contributed by atoms with Gasteiger partial charge in [-0.15, -0.1) is 11.3 Å². The first-order valence-corrected chi connectivity index (χ1v) is 6.31. The molecule has 3 rings (SSSR count). The number of hydrogen-bond acceptors (Lipinski definition) is 7. The van der Waals surface area contributed by atoms with Crippen LogP contribution in [-0.2, 0) is 0 Å². The molecule has 8 nitrogen and oxygen atoms in total. The van der Waals surface area contributed by atoms with E-state index in [0.29, 0.717) is 26.3 Å². The van der Waals surface area contributed by atoms with Crippen LogP contribution in [0, 0.1) is 18.3 Å². The van der Waals surface area contributed by atoms with Gasteiger partial charge < -0.3 is 5.73 Å². The van der Waals surface area contributed by atoms with Gasteiger partial charge >= 0.3 is 0 Å². The predicted molar refractivity (Wildman–Crippen MR) is 71.5 cm³/mol. The fourth-order valence-electron chi connectivity index (χ4n) is 2.04. The number of carbonyl (C=O) groups is 1. The fourth-order valence-corrected chi connectivity index (χ4v) is 3.10. The van der Waals surface area contributed by atoms with Crippen LogP contribution in [-0.4, -0.2) is 25.7 Å². The van der Waals surface area contributed by atoms with Crippen molar-refractivity contribution in [2.75, 3.05) is 5.73 Å². The van der Waals surface area contributed by atoms with E-state index in [2.05, 4.69) is 10.1 Å². The zero-order valence-corrected chi connectivity index (χ0v) is 11.0. The number of nitrogens with one attached hydrogen (secondary N) is 1. The van der Waals surface area contributed by atoms with Gasteiger partial charge in [0.25, 0.3) is 5.91 Å². The SMILES string of the molecule is Cc1c(C(=O)NO)sc2nn3c(C#N)c(N)cnc3c12. The molecule has 0 radical (unpaired) electrons. The Morgan fingerprint density at radius 2 is 2.40 bits per heavy atom. The summed E-state index contributed by atoms with van der Waals surface area (Å²) in [5.41, 5.74) is 8.82. The molecule has 0 aliphatic rings. The Morgan fingerprint density at radius 1 is 1.65 bits per heavy atom. The van der Waals surface area contributed by atoms with Crippen molar-refractivity contribution in [2.45, 2.75) is 6.92 Å². The third-order valence-electron chi connectivity index (χ3n) is 2.97. The quantitative estimate of drug-likeness (QED) is 0.449. The first kappa shape index (κ1) is 12.3.